The van der Waals surface area contributed by atoms with Crippen molar-refractivity contribution in [1.82, 2.24) is 15.0 Å². The monoisotopic (exact) mass is 380 g/mol. The van der Waals surface area contributed by atoms with Crippen LogP contribution in [0.3, 0.4) is 0 Å². The quantitative estimate of drug-likeness (QED) is 0.491. The molecular weight excluding hydrogens is 364 g/mol. The number of carbonyl (C=O) groups excluding carboxylic acids is 1. The lowest BCUT2D eigenvalue weighted by atomic mass is 10.2. The van der Waals surface area contributed by atoms with Crippen LogP contribution in [0.4, 0.5) is 5.13 Å². The summed E-state index contributed by atoms with van der Waals surface area (Å²) in [7, 11) is 0. The molecule has 4 rings (SSSR count). The van der Waals surface area contributed by atoms with Gasteiger partial charge in [-0.15, -0.1) is 0 Å². The van der Waals surface area contributed by atoms with E-state index in [2.05, 4.69) is 20.3 Å². The molecule has 4 aromatic rings. The van der Waals surface area contributed by atoms with Crippen molar-refractivity contribution < 1.29 is 4.79 Å². The number of nitrogens with one attached hydrogen (secondary N) is 2. The van der Waals surface area contributed by atoms with E-state index in [1.54, 1.807) is 0 Å². The molecule has 0 aliphatic rings. The molecule has 7 heteroatoms. The number of anilines is 1. The number of amides is 1. The summed E-state index contributed by atoms with van der Waals surface area (Å²) >= 11 is 2.87. The van der Waals surface area contributed by atoms with Gasteiger partial charge in [-0.05, 0) is 24.6 Å². The van der Waals surface area contributed by atoms with Gasteiger partial charge in [-0.1, -0.05) is 65.6 Å². The number of thioether (sulfide) groups is 1. The summed E-state index contributed by atoms with van der Waals surface area (Å²) in [6, 6.07) is 17.9. The highest BCUT2D eigenvalue weighted by atomic mass is 32.2. The molecule has 0 atom stereocenters. The zero-order chi connectivity index (χ0) is 17.9. The van der Waals surface area contributed by atoms with Gasteiger partial charge in [0.05, 0.1) is 27.4 Å². The van der Waals surface area contributed by atoms with Crippen molar-refractivity contribution in [2.45, 2.75) is 12.1 Å². The molecule has 0 fully saturated rings. The van der Waals surface area contributed by atoms with Crippen molar-refractivity contribution in [3.8, 4) is 10.4 Å². The lowest BCUT2D eigenvalue weighted by molar-refractivity contribution is -0.113. The Bertz CT molecular complexity index is 1020. The molecule has 0 spiro atoms. The van der Waals surface area contributed by atoms with Crippen LogP contribution in [-0.4, -0.2) is 26.6 Å². The second-order valence-corrected chi connectivity index (χ2v) is 7.66. The van der Waals surface area contributed by atoms with Crippen LogP contribution in [-0.2, 0) is 4.79 Å². The van der Waals surface area contributed by atoms with Gasteiger partial charge in [0.25, 0.3) is 0 Å². The maximum atomic E-state index is 12.3. The van der Waals surface area contributed by atoms with E-state index in [1.165, 1.54) is 23.1 Å². The number of rotatable bonds is 5. The zero-order valence-electron chi connectivity index (χ0n) is 14.0. The third kappa shape index (κ3) is 3.63. The predicted molar refractivity (Wildman–Crippen MR) is 108 cm³/mol. The van der Waals surface area contributed by atoms with Crippen molar-refractivity contribution in [3.05, 3.63) is 60.3 Å². The van der Waals surface area contributed by atoms with Gasteiger partial charge in [0.2, 0.25) is 5.91 Å². The average Bonchev–Trinajstić information content (AvgIpc) is 3.23. The Hall–Kier alpha value is -2.64. The fourth-order valence-electron chi connectivity index (χ4n) is 2.59. The number of para-hydroxylation sites is 2. The molecule has 2 heterocycles. The Morgan fingerprint density at radius 3 is 2.69 bits per heavy atom. The first-order valence-electron chi connectivity index (χ1n) is 8.09. The minimum absolute atomic E-state index is 0.0937. The Kier molecular flexibility index (Phi) is 4.73. The van der Waals surface area contributed by atoms with Crippen molar-refractivity contribution >= 4 is 45.2 Å². The van der Waals surface area contributed by atoms with Crippen LogP contribution in [0.5, 0.6) is 0 Å². The molecule has 0 bridgehead atoms. The van der Waals surface area contributed by atoms with Crippen LogP contribution in [0.15, 0.2) is 59.8 Å². The van der Waals surface area contributed by atoms with Crippen molar-refractivity contribution in [2.75, 3.05) is 11.1 Å². The van der Waals surface area contributed by atoms with Crippen molar-refractivity contribution in [3.63, 3.8) is 0 Å². The summed E-state index contributed by atoms with van der Waals surface area (Å²) in [5, 5.41) is 4.24. The van der Waals surface area contributed by atoms with Gasteiger partial charge in [-0.3, -0.25) is 4.79 Å². The third-order valence-electron chi connectivity index (χ3n) is 3.79. The number of H-pyrrole nitrogens is 1. The molecule has 2 N–H and O–H groups in total. The highest BCUT2D eigenvalue weighted by molar-refractivity contribution is 7.99. The largest absolute Gasteiger partial charge is 0.333 e. The van der Waals surface area contributed by atoms with Gasteiger partial charge in [0.15, 0.2) is 10.3 Å². The first kappa shape index (κ1) is 16.8. The Morgan fingerprint density at radius 1 is 1.12 bits per heavy atom. The van der Waals surface area contributed by atoms with Crippen LogP contribution in [0.2, 0.25) is 0 Å². The predicted octanol–water partition coefficient (Wildman–Crippen LogP) is 4.73. The van der Waals surface area contributed by atoms with Gasteiger partial charge in [-0.2, -0.15) is 0 Å². The smallest absolute Gasteiger partial charge is 0.236 e. The molecule has 1 amide bonds. The normalized spacial score (nSPS) is 11.0. The topological polar surface area (TPSA) is 70.7 Å². The van der Waals surface area contributed by atoms with E-state index in [0.29, 0.717) is 5.13 Å². The highest BCUT2D eigenvalue weighted by Crippen LogP contribution is 2.32. The maximum absolute atomic E-state index is 12.3. The van der Waals surface area contributed by atoms with Gasteiger partial charge in [-0.25, -0.2) is 9.97 Å². The summed E-state index contributed by atoms with van der Waals surface area (Å²) in [5.74, 6) is 0.183. The summed E-state index contributed by atoms with van der Waals surface area (Å²) in [6.45, 7) is 1.96. The number of carbonyl (C=O) groups is 1. The van der Waals surface area contributed by atoms with E-state index in [-0.39, 0.29) is 11.7 Å². The number of hydrogen-bond acceptors (Lipinski definition) is 5. The molecule has 0 radical (unpaired) electrons. The average molecular weight is 380 g/mol. The first-order valence-corrected chi connectivity index (χ1v) is 9.89. The Morgan fingerprint density at radius 2 is 1.88 bits per heavy atom. The standard InChI is InChI=1S/C19H16N4OS2/c1-12-17(13-7-3-2-4-8-13)26-19(20-12)23-16(24)11-25-18-21-14-9-5-6-10-15(14)22-18/h2-10H,11H2,1H3,(H,21,22)(H,20,23,24). The van der Waals surface area contributed by atoms with Crippen LogP contribution in [0.25, 0.3) is 21.5 Å². The van der Waals surface area contributed by atoms with Gasteiger partial charge >= 0.3 is 0 Å². The number of imidazole rings is 1. The summed E-state index contributed by atoms with van der Waals surface area (Å²) in [6.07, 6.45) is 0. The second kappa shape index (κ2) is 7.31. The van der Waals surface area contributed by atoms with E-state index in [0.717, 1.165) is 32.3 Å². The van der Waals surface area contributed by atoms with Crippen molar-refractivity contribution in [1.29, 1.82) is 0 Å². The second-order valence-electron chi connectivity index (χ2n) is 5.70. The number of aromatic nitrogens is 3. The van der Waals surface area contributed by atoms with Gasteiger partial charge in [0, 0.05) is 0 Å². The van der Waals surface area contributed by atoms with E-state index in [9.17, 15) is 4.79 Å². The number of aryl methyl sites for hydroxylation is 1. The summed E-state index contributed by atoms with van der Waals surface area (Å²) in [5.41, 5.74) is 3.90. The Labute approximate surface area is 158 Å². The molecule has 130 valence electrons. The summed E-state index contributed by atoms with van der Waals surface area (Å²) < 4.78 is 0. The molecule has 0 aliphatic carbocycles. The van der Waals surface area contributed by atoms with Gasteiger partial charge in [0.1, 0.15) is 0 Å². The van der Waals surface area contributed by atoms with Crippen molar-refractivity contribution in [2.24, 2.45) is 0 Å². The third-order valence-corrected chi connectivity index (χ3v) is 5.78. The minimum atomic E-state index is -0.0937. The van der Waals surface area contributed by atoms with E-state index >= 15 is 0 Å². The summed E-state index contributed by atoms with van der Waals surface area (Å²) in [4.78, 5) is 25.5. The number of aromatic amines is 1. The zero-order valence-corrected chi connectivity index (χ0v) is 15.7. The molecule has 0 saturated carbocycles. The molecule has 2 aromatic heterocycles. The fraction of sp³-hybridized carbons (Fsp3) is 0.105. The fourth-order valence-corrected chi connectivity index (χ4v) is 4.27. The maximum Gasteiger partial charge on any atom is 0.236 e. The lowest BCUT2D eigenvalue weighted by Gasteiger charge is -1.99. The first-order chi connectivity index (χ1) is 12.7. The molecule has 26 heavy (non-hydrogen) atoms. The molecule has 0 aliphatic heterocycles. The molecule has 5 nitrogen and oxygen atoms in total. The van der Waals surface area contributed by atoms with E-state index < -0.39 is 0 Å². The number of benzene rings is 2. The molecule has 0 saturated heterocycles. The number of fused-ring (bicyclic) bond motifs is 1. The number of nitrogens with zero attached hydrogens (tertiary/aromatic N) is 2. The van der Waals surface area contributed by atoms with Crippen LogP contribution in [0, 0.1) is 6.92 Å². The van der Waals surface area contributed by atoms with Gasteiger partial charge < -0.3 is 10.3 Å². The van der Waals surface area contributed by atoms with Crippen LogP contribution < -0.4 is 5.32 Å². The van der Waals surface area contributed by atoms with E-state index in [4.69, 9.17) is 0 Å². The molecule has 0 unspecified atom stereocenters. The number of hydrogen-bond donors (Lipinski definition) is 2. The highest BCUT2D eigenvalue weighted by Gasteiger charge is 2.13. The van der Waals surface area contributed by atoms with E-state index in [1.807, 2.05) is 61.5 Å². The Balaban J connectivity index is 1.40. The molecular formula is C19H16N4OS2. The van der Waals surface area contributed by atoms with Crippen LogP contribution in [0.1, 0.15) is 5.69 Å². The number of thiazole rings is 1. The SMILES string of the molecule is Cc1nc(NC(=O)CSc2nc3ccccc3[nH]2)sc1-c1ccccc1. The minimum Gasteiger partial charge on any atom is -0.333 e. The lowest BCUT2D eigenvalue weighted by Crippen LogP contribution is -2.13. The molecule has 2 aromatic carbocycles. The van der Waals surface area contributed by atoms with Crippen LogP contribution >= 0.6 is 23.1 Å².